The zero-order valence-electron chi connectivity index (χ0n) is 12.4. The molecule has 0 saturated carbocycles. The summed E-state index contributed by atoms with van der Waals surface area (Å²) < 4.78 is 0. The Labute approximate surface area is 128 Å². The summed E-state index contributed by atoms with van der Waals surface area (Å²) in [7, 11) is 0. The van der Waals surface area contributed by atoms with E-state index in [-0.39, 0.29) is 11.8 Å². The third kappa shape index (κ3) is 2.39. The Bertz CT molecular complexity index is 691. The predicted molar refractivity (Wildman–Crippen MR) is 85.9 cm³/mol. The molecule has 0 saturated heterocycles. The van der Waals surface area contributed by atoms with E-state index in [2.05, 4.69) is 5.32 Å². The molecule has 1 aliphatic heterocycles. The van der Waals surface area contributed by atoms with Crippen LogP contribution in [0.15, 0.2) is 23.6 Å². The van der Waals surface area contributed by atoms with Gasteiger partial charge in [0.1, 0.15) is 0 Å². The van der Waals surface area contributed by atoms with Crippen LogP contribution in [0.3, 0.4) is 0 Å². The predicted octanol–water partition coefficient (Wildman–Crippen LogP) is 3.70. The number of benzene rings is 1. The lowest BCUT2D eigenvalue weighted by molar-refractivity contribution is -0.116. The second kappa shape index (κ2) is 5.28. The van der Waals surface area contributed by atoms with Crippen molar-refractivity contribution in [1.29, 1.82) is 0 Å². The van der Waals surface area contributed by atoms with Crippen LogP contribution in [0.25, 0.3) is 0 Å². The lowest BCUT2D eigenvalue weighted by Crippen LogP contribution is -2.08. The van der Waals surface area contributed by atoms with Crippen molar-refractivity contribution >= 4 is 22.9 Å². The summed E-state index contributed by atoms with van der Waals surface area (Å²) in [5.74, 6) is -0.107. The molecule has 2 heterocycles. The van der Waals surface area contributed by atoms with E-state index in [9.17, 15) is 9.90 Å². The van der Waals surface area contributed by atoms with E-state index in [1.165, 1.54) is 4.88 Å². The summed E-state index contributed by atoms with van der Waals surface area (Å²) in [5, 5.41) is 15.6. The summed E-state index contributed by atoms with van der Waals surface area (Å²) in [6, 6.07) is 6.04. The number of carbonyl (C=O) groups excluding carboxylic acids is 1. The van der Waals surface area contributed by atoms with Crippen LogP contribution in [0.5, 0.6) is 0 Å². The van der Waals surface area contributed by atoms with Gasteiger partial charge in [-0.15, -0.1) is 11.3 Å². The number of aliphatic hydroxyl groups excluding tert-OH is 1. The van der Waals surface area contributed by atoms with Crippen molar-refractivity contribution < 1.29 is 9.90 Å². The first-order valence-corrected chi connectivity index (χ1v) is 8.02. The number of hydrogen-bond donors (Lipinski definition) is 2. The van der Waals surface area contributed by atoms with Gasteiger partial charge in [0.25, 0.3) is 0 Å². The smallest absolute Gasteiger partial charge is 0.231 e. The van der Waals surface area contributed by atoms with E-state index >= 15 is 0 Å². The van der Waals surface area contributed by atoms with Gasteiger partial charge < -0.3 is 10.4 Å². The Morgan fingerprint density at radius 2 is 2.14 bits per heavy atom. The van der Waals surface area contributed by atoms with Gasteiger partial charge in [-0.25, -0.2) is 0 Å². The third-order valence-electron chi connectivity index (χ3n) is 4.41. The van der Waals surface area contributed by atoms with Crippen LogP contribution >= 0.6 is 11.3 Å². The minimum atomic E-state index is -0.532. The molecule has 3 rings (SSSR count). The molecule has 0 spiro atoms. The molecule has 2 N–H and O–H groups in total. The first kappa shape index (κ1) is 14.3. The number of nitrogens with one attached hydrogen (secondary N) is 1. The van der Waals surface area contributed by atoms with E-state index in [4.69, 9.17) is 0 Å². The van der Waals surface area contributed by atoms with Gasteiger partial charge in [-0.3, -0.25) is 4.79 Å². The minimum Gasteiger partial charge on any atom is -0.388 e. The van der Waals surface area contributed by atoms with E-state index in [0.717, 1.165) is 27.9 Å². The van der Waals surface area contributed by atoms with Crippen LogP contribution in [0.2, 0.25) is 0 Å². The van der Waals surface area contributed by atoms with Crippen molar-refractivity contribution in [1.82, 2.24) is 0 Å². The molecule has 1 amide bonds. The normalized spacial score (nSPS) is 18.5. The molecule has 2 unspecified atom stereocenters. The molecular formula is C17H19NO2S. The fraction of sp³-hybridized carbons (Fsp3) is 0.353. The number of hydrogen-bond acceptors (Lipinski definition) is 3. The molecule has 2 atom stereocenters. The van der Waals surface area contributed by atoms with Gasteiger partial charge >= 0.3 is 0 Å². The van der Waals surface area contributed by atoms with E-state index in [1.807, 2.05) is 44.4 Å². The molecule has 2 aromatic rings. The maximum absolute atomic E-state index is 11.9. The first-order valence-electron chi connectivity index (χ1n) is 7.14. The highest BCUT2D eigenvalue weighted by molar-refractivity contribution is 7.09. The minimum absolute atomic E-state index is 0.0393. The molecule has 4 heteroatoms. The number of carbonyl (C=O) groups is 1. The van der Waals surface area contributed by atoms with Crippen LogP contribution in [-0.4, -0.2) is 11.0 Å². The van der Waals surface area contributed by atoms with Crippen molar-refractivity contribution in [2.75, 3.05) is 5.32 Å². The molecule has 0 fully saturated rings. The van der Waals surface area contributed by atoms with Crippen LogP contribution in [0, 0.1) is 13.8 Å². The Balaban J connectivity index is 2.00. The van der Waals surface area contributed by atoms with Gasteiger partial charge in [0, 0.05) is 17.0 Å². The quantitative estimate of drug-likeness (QED) is 0.908. The fourth-order valence-corrected chi connectivity index (χ4v) is 3.67. The highest BCUT2D eigenvalue weighted by Gasteiger charge is 2.30. The van der Waals surface area contributed by atoms with Crippen molar-refractivity contribution in [3.63, 3.8) is 0 Å². The third-order valence-corrected chi connectivity index (χ3v) is 5.31. The number of amides is 1. The maximum Gasteiger partial charge on any atom is 0.231 e. The number of aliphatic hydroxyl groups is 1. The lowest BCUT2D eigenvalue weighted by atomic mass is 9.90. The largest absolute Gasteiger partial charge is 0.388 e. The fourth-order valence-electron chi connectivity index (χ4n) is 2.92. The van der Waals surface area contributed by atoms with E-state index in [1.54, 1.807) is 11.3 Å². The van der Waals surface area contributed by atoms with Gasteiger partial charge in [-0.05, 0) is 54.5 Å². The zero-order valence-corrected chi connectivity index (χ0v) is 13.3. The topological polar surface area (TPSA) is 49.3 Å². The summed E-state index contributed by atoms with van der Waals surface area (Å²) in [5.41, 5.74) is 4.99. The van der Waals surface area contributed by atoms with E-state index < -0.39 is 6.10 Å². The number of anilines is 1. The molecule has 3 nitrogen and oxygen atoms in total. The molecule has 0 aliphatic carbocycles. The molecule has 21 heavy (non-hydrogen) atoms. The summed E-state index contributed by atoms with van der Waals surface area (Å²) >= 11 is 1.66. The first-order chi connectivity index (χ1) is 9.99. The Kier molecular flexibility index (Phi) is 3.59. The van der Waals surface area contributed by atoms with Crippen molar-refractivity contribution in [2.45, 2.75) is 39.2 Å². The monoisotopic (exact) mass is 301 g/mol. The molecule has 0 bridgehead atoms. The highest BCUT2D eigenvalue weighted by Crippen LogP contribution is 2.39. The van der Waals surface area contributed by atoms with Gasteiger partial charge in [0.2, 0.25) is 5.91 Å². The SMILES string of the molecule is Cc1c(C(O)Cc2cccs2)cc2c(c1C)NC(=O)C2C. The second-order valence-electron chi connectivity index (χ2n) is 5.69. The average molecular weight is 301 g/mol. The van der Waals surface area contributed by atoms with Crippen molar-refractivity contribution in [2.24, 2.45) is 0 Å². The zero-order chi connectivity index (χ0) is 15.1. The van der Waals surface area contributed by atoms with Crippen LogP contribution in [-0.2, 0) is 11.2 Å². The Morgan fingerprint density at radius 3 is 2.81 bits per heavy atom. The molecule has 1 aliphatic rings. The van der Waals surface area contributed by atoms with Crippen LogP contribution in [0.1, 0.15) is 46.1 Å². The Hall–Kier alpha value is -1.65. The number of fused-ring (bicyclic) bond motifs is 1. The average Bonchev–Trinajstić information content (AvgIpc) is 3.04. The van der Waals surface area contributed by atoms with Gasteiger partial charge in [-0.1, -0.05) is 12.1 Å². The molecule has 1 aromatic carbocycles. The standard InChI is InChI=1S/C17H19NO2S/c1-9-10(2)16-14(11(3)17(20)18-16)8-13(9)15(19)7-12-5-4-6-21-12/h4-6,8,11,15,19H,7H2,1-3H3,(H,18,20). The molecular weight excluding hydrogens is 282 g/mol. The molecule has 1 aromatic heterocycles. The molecule has 110 valence electrons. The Morgan fingerprint density at radius 1 is 1.38 bits per heavy atom. The van der Waals surface area contributed by atoms with Crippen LogP contribution in [0.4, 0.5) is 5.69 Å². The number of thiophene rings is 1. The van der Waals surface area contributed by atoms with Gasteiger partial charge in [0.15, 0.2) is 0 Å². The lowest BCUT2D eigenvalue weighted by Gasteiger charge is -2.18. The maximum atomic E-state index is 11.9. The van der Waals surface area contributed by atoms with Crippen molar-refractivity contribution in [3.8, 4) is 0 Å². The van der Waals surface area contributed by atoms with Gasteiger partial charge in [-0.2, -0.15) is 0 Å². The van der Waals surface area contributed by atoms with Crippen molar-refractivity contribution in [3.05, 3.63) is 50.7 Å². The summed E-state index contributed by atoms with van der Waals surface area (Å²) in [6.07, 6.45) is 0.0857. The van der Waals surface area contributed by atoms with E-state index in [0.29, 0.717) is 6.42 Å². The molecule has 0 radical (unpaired) electrons. The highest BCUT2D eigenvalue weighted by atomic mass is 32.1. The van der Waals surface area contributed by atoms with Crippen LogP contribution < -0.4 is 5.32 Å². The summed E-state index contributed by atoms with van der Waals surface area (Å²) in [6.45, 7) is 5.93. The summed E-state index contributed by atoms with van der Waals surface area (Å²) in [4.78, 5) is 13.0. The van der Waals surface area contributed by atoms with Gasteiger partial charge in [0.05, 0.1) is 12.0 Å². The number of rotatable bonds is 3. The second-order valence-corrected chi connectivity index (χ2v) is 6.72.